The summed E-state index contributed by atoms with van der Waals surface area (Å²) in [6.45, 7) is 1.87. The number of benzene rings is 2. The van der Waals surface area contributed by atoms with Crippen molar-refractivity contribution in [2.24, 2.45) is 0 Å². The fourth-order valence-electron chi connectivity index (χ4n) is 2.49. The van der Waals surface area contributed by atoms with Gasteiger partial charge in [-0.3, -0.25) is 0 Å². The van der Waals surface area contributed by atoms with Crippen LogP contribution in [0.2, 0.25) is 0 Å². The number of hydrogen-bond donors (Lipinski definition) is 1. The van der Waals surface area contributed by atoms with E-state index in [4.69, 9.17) is 4.74 Å². The number of alkyl halides is 3. The van der Waals surface area contributed by atoms with Gasteiger partial charge in [0.25, 0.3) is 0 Å². The van der Waals surface area contributed by atoms with Gasteiger partial charge in [0.15, 0.2) is 6.10 Å². The lowest BCUT2D eigenvalue weighted by atomic mass is 10.1. The van der Waals surface area contributed by atoms with E-state index in [0.717, 1.165) is 6.42 Å². The van der Waals surface area contributed by atoms with Gasteiger partial charge in [0.2, 0.25) is 0 Å². The van der Waals surface area contributed by atoms with E-state index in [1.165, 1.54) is 48.5 Å². The first-order chi connectivity index (χ1) is 13.7. The van der Waals surface area contributed by atoms with E-state index in [2.05, 4.69) is 4.74 Å². The fourth-order valence-corrected chi connectivity index (χ4v) is 2.49. The summed E-state index contributed by atoms with van der Waals surface area (Å²) in [5, 5.41) is 9.22. The molecule has 5 nitrogen and oxygen atoms in total. The molecule has 0 aliphatic heterocycles. The van der Waals surface area contributed by atoms with Gasteiger partial charge in [-0.05, 0) is 61.4 Å². The molecule has 2 aromatic carbocycles. The number of ether oxygens (including phenoxy) is 2. The zero-order valence-corrected chi connectivity index (χ0v) is 15.7. The normalized spacial score (nSPS) is 12.3. The zero-order chi connectivity index (χ0) is 21.4. The third-order valence-electron chi connectivity index (χ3n) is 4.09. The van der Waals surface area contributed by atoms with Gasteiger partial charge in [0.05, 0.1) is 11.1 Å². The van der Waals surface area contributed by atoms with Crippen molar-refractivity contribution in [1.29, 1.82) is 0 Å². The Bertz CT molecular complexity index is 814. The zero-order valence-electron chi connectivity index (χ0n) is 15.7. The maximum atomic E-state index is 13.1. The Morgan fingerprint density at radius 3 is 2.03 bits per heavy atom. The molecule has 0 unspecified atom stereocenters. The van der Waals surface area contributed by atoms with E-state index >= 15 is 0 Å². The topological polar surface area (TPSA) is 72.8 Å². The molecule has 0 amide bonds. The van der Waals surface area contributed by atoms with E-state index in [1.807, 2.05) is 6.92 Å². The number of hydrogen-bond acceptors (Lipinski definition) is 5. The molecule has 2 rings (SSSR count). The van der Waals surface area contributed by atoms with Crippen molar-refractivity contribution in [3.63, 3.8) is 0 Å². The number of carbonyl (C=O) groups excluding carboxylic acids is 2. The Hall–Kier alpha value is -3.03. The highest BCUT2D eigenvalue weighted by atomic mass is 19.4. The number of rotatable bonds is 8. The van der Waals surface area contributed by atoms with E-state index in [0.29, 0.717) is 12.8 Å². The van der Waals surface area contributed by atoms with Crippen LogP contribution in [0.3, 0.4) is 0 Å². The molecule has 1 atom stereocenters. The van der Waals surface area contributed by atoms with Gasteiger partial charge in [-0.25, -0.2) is 9.59 Å². The lowest BCUT2D eigenvalue weighted by Gasteiger charge is -2.20. The summed E-state index contributed by atoms with van der Waals surface area (Å²) in [7, 11) is 0. The van der Waals surface area contributed by atoms with Crippen LogP contribution in [0.25, 0.3) is 0 Å². The van der Waals surface area contributed by atoms with Gasteiger partial charge >= 0.3 is 18.1 Å². The molecule has 0 spiro atoms. The first kappa shape index (κ1) is 22.3. The Labute approximate surface area is 166 Å². The number of carbonyl (C=O) groups is 2. The first-order valence-corrected chi connectivity index (χ1v) is 9.09. The molecular formula is C21H21F3O5. The van der Waals surface area contributed by atoms with Crippen molar-refractivity contribution in [3.8, 4) is 11.5 Å². The standard InChI is InChI=1S/C21H21F3O5/c1-2-3-4-5-18(21(22,23)24)29-20(27)15-8-12-17(13-9-15)28-19(26)14-6-10-16(25)11-7-14/h6-13,18,25H,2-5H2,1H3/t18-/m1/s1. The molecule has 0 aliphatic rings. The van der Waals surface area contributed by atoms with Crippen molar-refractivity contribution in [3.05, 3.63) is 59.7 Å². The van der Waals surface area contributed by atoms with Gasteiger partial charge in [0, 0.05) is 0 Å². The Kier molecular flexibility index (Phi) is 7.64. The Morgan fingerprint density at radius 1 is 0.931 bits per heavy atom. The molecule has 8 heteroatoms. The maximum absolute atomic E-state index is 13.1. The third kappa shape index (κ3) is 6.81. The largest absolute Gasteiger partial charge is 0.508 e. The predicted octanol–water partition coefficient (Wildman–Crippen LogP) is 5.28. The second kappa shape index (κ2) is 9.95. The molecule has 2 aromatic rings. The van der Waals surface area contributed by atoms with Crippen molar-refractivity contribution in [2.75, 3.05) is 0 Å². The second-order valence-corrected chi connectivity index (χ2v) is 6.39. The molecule has 156 valence electrons. The molecular weight excluding hydrogens is 389 g/mol. The van der Waals surface area contributed by atoms with Gasteiger partial charge in [0.1, 0.15) is 11.5 Å². The average Bonchev–Trinajstić information content (AvgIpc) is 2.67. The minimum absolute atomic E-state index is 0.00345. The van der Waals surface area contributed by atoms with Crippen LogP contribution in [0.5, 0.6) is 11.5 Å². The van der Waals surface area contributed by atoms with Crippen LogP contribution in [-0.4, -0.2) is 29.3 Å². The number of unbranched alkanes of at least 4 members (excludes halogenated alkanes) is 2. The third-order valence-corrected chi connectivity index (χ3v) is 4.09. The number of phenolic OH excluding ortho intramolecular Hbond substituents is 1. The molecule has 1 N–H and O–H groups in total. The van der Waals surface area contributed by atoms with E-state index in [-0.39, 0.29) is 29.0 Å². The molecule has 0 aliphatic carbocycles. The van der Waals surface area contributed by atoms with Crippen LogP contribution in [0.4, 0.5) is 13.2 Å². The van der Waals surface area contributed by atoms with Gasteiger partial charge in [-0.1, -0.05) is 19.8 Å². The van der Waals surface area contributed by atoms with Gasteiger partial charge in [-0.15, -0.1) is 0 Å². The van der Waals surface area contributed by atoms with E-state index < -0.39 is 24.2 Å². The molecule has 0 bridgehead atoms. The summed E-state index contributed by atoms with van der Waals surface area (Å²) in [5.74, 6) is -1.68. The molecule has 0 aromatic heterocycles. The Balaban J connectivity index is 1.99. The molecule has 0 fully saturated rings. The molecule has 29 heavy (non-hydrogen) atoms. The number of phenols is 1. The first-order valence-electron chi connectivity index (χ1n) is 9.09. The van der Waals surface area contributed by atoms with Crippen LogP contribution in [0.15, 0.2) is 48.5 Å². The van der Waals surface area contributed by atoms with Crippen LogP contribution in [0.1, 0.15) is 53.3 Å². The smallest absolute Gasteiger partial charge is 0.425 e. The maximum Gasteiger partial charge on any atom is 0.425 e. The van der Waals surface area contributed by atoms with Gasteiger partial charge < -0.3 is 14.6 Å². The predicted molar refractivity (Wildman–Crippen MR) is 98.9 cm³/mol. The van der Waals surface area contributed by atoms with Crippen molar-refractivity contribution in [2.45, 2.75) is 44.9 Å². The highest BCUT2D eigenvalue weighted by molar-refractivity contribution is 5.92. The fraction of sp³-hybridized carbons (Fsp3) is 0.333. The molecule has 0 heterocycles. The number of esters is 2. The van der Waals surface area contributed by atoms with E-state index in [1.54, 1.807) is 0 Å². The highest BCUT2D eigenvalue weighted by Gasteiger charge is 2.42. The quantitative estimate of drug-likeness (QED) is 0.364. The highest BCUT2D eigenvalue weighted by Crippen LogP contribution is 2.28. The van der Waals surface area contributed by atoms with Crippen LogP contribution in [0, 0.1) is 0 Å². The summed E-state index contributed by atoms with van der Waals surface area (Å²) in [5.41, 5.74) is 0.116. The summed E-state index contributed by atoms with van der Waals surface area (Å²) in [6.07, 6.45) is -5.41. The van der Waals surface area contributed by atoms with Crippen molar-refractivity contribution < 1.29 is 37.3 Å². The van der Waals surface area contributed by atoms with E-state index in [9.17, 15) is 27.9 Å². The van der Waals surface area contributed by atoms with Crippen LogP contribution >= 0.6 is 0 Å². The SMILES string of the molecule is CCCCC[C@@H](OC(=O)c1ccc(OC(=O)c2ccc(O)cc2)cc1)C(F)(F)F. The summed E-state index contributed by atoms with van der Waals surface area (Å²) >= 11 is 0. The van der Waals surface area contributed by atoms with Crippen LogP contribution in [-0.2, 0) is 4.74 Å². The molecule has 0 radical (unpaired) electrons. The minimum Gasteiger partial charge on any atom is -0.508 e. The van der Waals surface area contributed by atoms with Crippen LogP contribution < -0.4 is 4.74 Å². The molecule has 0 saturated heterocycles. The summed E-state index contributed by atoms with van der Waals surface area (Å²) in [4.78, 5) is 24.1. The lowest BCUT2D eigenvalue weighted by Crippen LogP contribution is -2.33. The minimum atomic E-state index is -4.64. The number of halogens is 3. The van der Waals surface area contributed by atoms with Crippen molar-refractivity contribution in [1.82, 2.24) is 0 Å². The lowest BCUT2D eigenvalue weighted by molar-refractivity contribution is -0.206. The second-order valence-electron chi connectivity index (χ2n) is 6.39. The number of aromatic hydroxyl groups is 1. The summed E-state index contributed by atoms with van der Waals surface area (Å²) in [6, 6.07) is 10.4. The van der Waals surface area contributed by atoms with Crippen molar-refractivity contribution >= 4 is 11.9 Å². The van der Waals surface area contributed by atoms with Gasteiger partial charge in [-0.2, -0.15) is 13.2 Å². The Morgan fingerprint density at radius 2 is 1.48 bits per heavy atom. The molecule has 0 saturated carbocycles. The summed E-state index contributed by atoms with van der Waals surface area (Å²) < 4.78 is 49.0. The average molecular weight is 410 g/mol. The monoisotopic (exact) mass is 410 g/mol.